The number of hydrogen-bond acceptors (Lipinski definition) is 3. The van der Waals surface area contributed by atoms with Gasteiger partial charge in [0.25, 0.3) is 0 Å². The van der Waals surface area contributed by atoms with Crippen molar-refractivity contribution in [2.24, 2.45) is 5.92 Å². The molecule has 1 heterocycles. The summed E-state index contributed by atoms with van der Waals surface area (Å²) in [5, 5.41) is 3.72. The van der Waals surface area contributed by atoms with Gasteiger partial charge in [0.15, 0.2) is 0 Å². The van der Waals surface area contributed by atoms with Crippen molar-refractivity contribution >= 4 is 11.8 Å². The molecule has 0 spiro atoms. The van der Waals surface area contributed by atoms with Crippen LogP contribution >= 0.6 is 11.8 Å². The summed E-state index contributed by atoms with van der Waals surface area (Å²) in [5.41, 5.74) is 0. The van der Waals surface area contributed by atoms with Gasteiger partial charge in [-0.1, -0.05) is 13.8 Å². The zero-order chi connectivity index (χ0) is 13.4. The largest absolute Gasteiger partial charge is 0.314 e. The maximum atomic E-state index is 3.72. The van der Waals surface area contributed by atoms with Crippen LogP contribution in [-0.4, -0.2) is 48.6 Å². The summed E-state index contributed by atoms with van der Waals surface area (Å²) in [5.74, 6) is 2.10. The van der Waals surface area contributed by atoms with Gasteiger partial charge in [0.2, 0.25) is 0 Å². The lowest BCUT2D eigenvalue weighted by Gasteiger charge is -2.43. The van der Waals surface area contributed by atoms with E-state index in [1.54, 1.807) is 0 Å². The Morgan fingerprint density at radius 1 is 1.28 bits per heavy atom. The molecule has 3 heteroatoms. The third kappa shape index (κ3) is 5.10. The first-order chi connectivity index (χ1) is 8.70. The van der Waals surface area contributed by atoms with Gasteiger partial charge in [-0.05, 0) is 70.2 Å². The Morgan fingerprint density at radius 3 is 2.72 bits per heavy atom. The third-order valence-corrected chi connectivity index (χ3v) is 5.10. The Hall–Kier alpha value is 0.270. The van der Waals surface area contributed by atoms with Gasteiger partial charge in [0, 0.05) is 12.1 Å². The van der Waals surface area contributed by atoms with Crippen molar-refractivity contribution in [1.82, 2.24) is 10.2 Å². The molecule has 0 bridgehead atoms. The van der Waals surface area contributed by atoms with Crippen LogP contribution in [0.1, 0.15) is 46.5 Å². The molecule has 18 heavy (non-hydrogen) atoms. The lowest BCUT2D eigenvalue weighted by Crippen LogP contribution is -2.53. The molecule has 0 radical (unpaired) electrons. The van der Waals surface area contributed by atoms with Crippen molar-refractivity contribution in [2.75, 3.05) is 31.6 Å². The standard InChI is InChI=1S/C15H32N2S/c1-5-9-16-15-8-11-17(14(3)13(15)2)10-6-7-12-18-4/h13-16H,5-12H2,1-4H3. The summed E-state index contributed by atoms with van der Waals surface area (Å²) < 4.78 is 0. The summed E-state index contributed by atoms with van der Waals surface area (Å²) >= 11 is 1.97. The first-order valence-corrected chi connectivity index (χ1v) is 9.06. The lowest BCUT2D eigenvalue weighted by atomic mass is 9.87. The van der Waals surface area contributed by atoms with Crippen LogP contribution in [0.5, 0.6) is 0 Å². The zero-order valence-corrected chi connectivity index (χ0v) is 13.6. The fourth-order valence-corrected chi connectivity index (χ4v) is 3.43. The molecular weight excluding hydrogens is 240 g/mol. The number of likely N-dealkylation sites (tertiary alicyclic amines) is 1. The highest BCUT2D eigenvalue weighted by molar-refractivity contribution is 7.98. The van der Waals surface area contributed by atoms with E-state index in [4.69, 9.17) is 0 Å². The molecular formula is C15H32N2S. The number of nitrogens with one attached hydrogen (secondary N) is 1. The number of piperidine rings is 1. The molecule has 0 aromatic rings. The van der Waals surface area contributed by atoms with E-state index in [0.29, 0.717) is 0 Å². The predicted molar refractivity (Wildman–Crippen MR) is 84.5 cm³/mol. The Labute approximate surface area is 118 Å². The van der Waals surface area contributed by atoms with E-state index in [0.717, 1.165) is 18.0 Å². The predicted octanol–water partition coefficient (Wildman–Crippen LogP) is 3.23. The Bertz CT molecular complexity index is 211. The topological polar surface area (TPSA) is 15.3 Å². The van der Waals surface area contributed by atoms with Crippen molar-refractivity contribution in [3.63, 3.8) is 0 Å². The maximum absolute atomic E-state index is 3.72. The van der Waals surface area contributed by atoms with E-state index in [1.807, 2.05) is 11.8 Å². The first kappa shape index (κ1) is 16.3. The molecule has 0 aromatic heterocycles. The van der Waals surface area contributed by atoms with E-state index in [2.05, 4.69) is 37.2 Å². The quantitative estimate of drug-likeness (QED) is 0.683. The molecule has 0 saturated carbocycles. The van der Waals surface area contributed by atoms with Crippen LogP contribution in [0.4, 0.5) is 0 Å². The van der Waals surface area contributed by atoms with E-state index < -0.39 is 0 Å². The fraction of sp³-hybridized carbons (Fsp3) is 1.00. The summed E-state index contributed by atoms with van der Waals surface area (Å²) in [6.45, 7) is 10.8. The normalized spacial score (nSPS) is 29.7. The van der Waals surface area contributed by atoms with Gasteiger partial charge in [-0.3, -0.25) is 0 Å². The average molecular weight is 273 g/mol. The van der Waals surface area contributed by atoms with E-state index in [9.17, 15) is 0 Å². The minimum Gasteiger partial charge on any atom is -0.314 e. The number of thioether (sulfide) groups is 1. The second-order valence-corrected chi connectivity index (χ2v) is 6.67. The monoisotopic (exact) mass is 272 g/mol. The van der Waals surface area contributed by atoms with Gasteiger partial charge < -0.3 is 10.2 Å². The molecule has 1 fully saturated rings. The highest BCUT2D eigenvalue weighted by atomic mass is 32.2. The summed E-state index contributed by atoms with van der Waals surface area (Å²) in [4.78, 5) is 2.70. The molecule has 0 aliphatic carbocycles. The van der Waals surface area contributed by atoms with Crippen LogP contribution < -0.4 is 5.32 Å². The maximum Gasteiger partial charge on any atom is 0.0120 e. The van der Waals surface area contributed by atoms with Crippen LogP contribution in [0.3, 0.4) is 0 Å². The minimum atomic E-state index is 0.738. The Kier molecular flexibility index (Phi) is 8.36. The minimum absolute atomic E-state index is 0.738. The molecule has 1 aliphatic rings. The van der Waals surface area contributed by atoms with Crippen LogP contribution in [0.2, 0.25) is 0 Å². The first-order valence-electron chi connectivity index (χ1n) is 7.67. The Balaban J connectivity index is 2.28. The molecule has 3 unspecified atom stereocenters. The fourth-order valence-electron chi connectivity index (χ4n) is 2.93. The number of unbranched alkanes of at least 4 members (excludes halogenated alkanes) is 1. The van der Waals surface area contributed by atoms with Gasteiger partial charge in [0.1, 0.15) is 0 Å². The second kappa shape index (κ2) is 9.22. The van der Waals surface area contributed by atoms with Gasteiger partial charge in [-0.25, -0.2) is 0 Å². The molecule has 2 nitrogen and oxygen atoms in total. The summed E-state index contributed by atoms with van der Waals surface area (Å²) in [6.07, 6.45) is 7.51. The molecule has 0 aromatic carbocycles. The van der Waals surface area contributed by atoms with Crippen LogP contribution in [0, 0.1) is 5.92 Å². The number of nitrogens with zero attached hydrogens (tertiary/aromatic N) is 1. The molecule has 108 valence electrons. The molecule has 1 aliphatic heterocycles. The van der Waals surface area contributed by atoms with Crippen LogP contribution in [0.15, 0.2) is 0 Å². The van der Waals surface area contributed by atoms with Gasteiger partial charge >= 0.3 is 0 Å². The summed E-state index contributed by atoms with van der Waals surface area (Å²) in [6, 6.07) is 1.48. The smallest absolute Gasteiger partial charge is 0.0120 e. The number of hydrogen-bond donors (Lipinski definition) is 1. The van der Waals surface area contributed by atoms with E-state index in [1.165, 1.54) is 51.1 Å². The van der Waals surface area contributed by atoms with Crippen molar-refractivity contribution in [3.05, 3.63) is 0 Å². The van der Waals surface area contributed by atoms with Crippen molar-refractivity contribution in [1.29, 1.82) is 0 Å². The third-order valence-electron chi connectivity index (χ3n) is 4.40. The molecule has 1 saturated heterocycles. The van der Waals surface area contributed by atoms with Crippen molar-refractivity contribution in [2.45, 2.75) is 58.5 Å². The van der Waals surface area contributed by atoms with Gasteiger partial charge in [0.05, 0.1) is 0 Å². The van der Waals surface area contributed by atoms with E-state index >= 15 is 0 Å². The SMILES string of the molecule is CCCNC1CCN(CCCCSC)C(C)C1C. The molecule has 0 amide bonds. The summed E-state index contributed by atoms with van der Waals surface area (Å²) in [7, 11) is 0. The number of rotatable bonds is 8. The van der Waals surface area contributed by atoms with Gasteiger partial charge in [-0.15, -0.1) is 0 Å². The van der Waals surface area contributed by atoms with Crippen LogP contribution in [-0.2, 0) is 0 Å². The van der Waals surface area contributed by atoms with Gasteiger partial charge in [-0.2, -0.15) is 11.8 Å². The molecule has 3 atom stereocenters. The molecule has 1 N–H and O–H groups in total. The van der Waals surface area contributed by atoms with Crippen molar-refractivity contribution in [3.8, 4) is 0 Å². The zero-order valence-electron chi connectivity index (χ0n) is 12.7. The Morgan fingerprint density at radius 2 is 2.06 bits per heavy atom. The molecule has 1 rings (SSSR count). The highest BCUT2D eigenvalue weighted by Gasteiger charge is 2.31. The second-order valence-electron chi connectivity index (χ2n) is 5.68. The average Bonchev–Trinajstić information content (AvgIpc) is 2.38. The van der Waals surface area contributed by atoms with E-state index in [-0.39, 0.29) is 0 Å². The van der Waals surface area contributed by atoms with Crippen LogP contribution in [0.25, 0.3) is 0 Å². The van der Waals surface area contributed by atoms with Crippen molar-refractivity contribution < 1.29 is 0 Å². The lowest BCUT2D eigenvalue weighted by molar-refractivity contribution is 0.0839. The highest BCUT2D eigenvalue weighted by Crippen LogP contribution is 2.24.